The molecule has 2 heterocycles. The second kappa shape index (κ2) is 9.35. The number of halogens is 1. The quantitative estimate of drug-likeness (QED) is 0.355. The zero-order chi connectivity index (χ0) is 24.5. The molecule has 0 bridgehead atoms. The van der Waals surface area contributed by atoms with Gasteiger partial charge in [-0.25, -0.2) is 9.97 Å². The molecule has 7 nitrogen and oxygen atoms in total. The van der Waals surface area contributed by atoms with E-state index in [1.165, 1.54) is 0 Å². The fourth-order valence-electron chi connectivity index (χ4n) is 4.36. The highest BCUT2D eigenvalue weighted by Gasteiger charge is 2.19. The van der Waals surface area contributed by atoms with Crippen molar-refractivity contribution in [3.05, 3.63) is 99.3 Å². The summed E-state index contributed by atoms with van der Waals surface area (Å²) in [5.74, 6) is 1.11. The van der Waals surface area contributed by atoms with Crippen molar-refractivity contribution < 1.29 is 4.79 Å². The van der Waals surface area contributed by atoms with Gasteiger partial charge in [0, 0.05) is 22.8 Å². The van der Waals surface area contributed by atoms with Crippen LogP contribution in [0.25, 0.3) is 27.6 Å². The Kier molecular flexibility index (Phi) is 6.09. The summed E-state index contributed by atoms with van der Waals surface area (Å²) in [7, 11) is 0. The first-order valence-corrected chi connectivity index (χ1v) is 11.8. The number of rotatable bonds is 6. The Morgan fingerprint density at radius 1 is 1.03 bits per heavy atom. The van der Waals surface area contributed by atoms with Gasteiger partial charge < -0.3 is 9.88 Å². The summed E-state index contributed by atoms with van der Waals surface area (Å²) < 4.78 is 2.07. The standard InChI is InChI=1S/C27H24ClN5O2/c1-3-13-32(16-25-30-22-15-19(28)10-11-21(22)26(34)31-25)27(35)18-9-12-24-23(14-18)29-17(2)33(24)20-7-5-4-6-8-20/h4-12,14-15H,3,13,16H2,1-2H3,(H,30,31,34). The van der Waals surface area contributed by atoms with Crippen LogP contribution < -0.4 is 5.56 Å². The van der Waals surface area contributed by atoms with E-state index < -0.39 is 0 Å². The second-order valence-corrected chi connectivity index (χ2v) is 8.87. The van der Waals surface area contributed by atoms with E-state index in [0.29, 0.717) is 33.9 Å². The van der Waals surface area contributed by atoms with Gasteiger partial charge in [-0.05, 0) is 61.9 Å². The number of nitrogens with zero attached hydrogens (tertiary/aromatic N) is 4. The lowest BCUT2D eigenvalue weighted by Gasteiger charge is -2.22. The van der Waals surface area contributed by atoms with Crippen molar-refractivity contribution in [3.8, 4) is 5.69 Å². The number of aromatic nitrogens is 4. The number of hydrogen-bond donors (Lipinski definition) is 1. The molecule has 0 unspecified atom stereocenters. The van der Waals surface area contributed by atoms with Crippen LogP contribution in [-0.4, -0.2) is 36.9 Å². The molecule has 0 aliphatic rings. The van der Waals surface area contributed by atoms with Crippen molar-refractivity contribution in [2.75, 3.05) is 6.54 Å². The van der Waals surface area contributed by atoms with Gasteiger partial charge in [0.05, 0.1) is 28.5 Å². The molecular formula is C27H24ClN5O2. The van der Waals surface area contributed by atoms with E-state index in [2.05, 4.69) is 14.5 Å². The topological polar surface area (TPSA) is 83.9 Å². The number of benzene rings is 3. The molecule has 3 aromatic carbocycles. The molecule has 0 saturated heterocycles. The van der Waals surface area contributed by atoms with Crippen LogP contribution in [0.4, 0.5) is 0 Å². The molecule has 0 fully saturated rings. The first kappa shape index (κ1) is 22.8. The monoisotopic (exact) mass is 485 g/mol. The van der Waals surface area contributed by atoms with Gasteiger partial charge in [0.15, 0.2) is 0 Å². The van der Waals surface area contributed by atoms with E-state index in [-0.39, 0.29) is 18.0 Å². The summed E-state index contributed by atoms with van der Waals surface area (Å²) in [6.07, 6.45) is 0.763. The van der Waals surface area contributed by atoms with Crippen molar-refractivity contribution in [2.24, 2.45) is 0 Å². The third-order valence-electron chi connectivity index (χ3n) is 5.92. The summed E-state index contributed by atoms with van der Waals surface area (Å²) >= 11 is 6.08. The molecule has 35 heavy (non-hydrogen) atoms. The average molecular weight is 486 g/mol. The molecule has 1 amide bonds. The number of nitrogens with one attached hydrogen (secondary N) is 1. The zero-order valence-electron chi connectivity index (χ0n) is 19.5. The lowest BCUT2D eigenvalue weighted by atomic mass is 10.1. The Morgan fingerprint density at radius 2 is 1.83 bits per heavy atom. The Morgan fingerprint density at radius 3 is 2.60 bits per heavy atom. The molecule has 1 N–H and O–H groups in total. The molecule has 0 atom stereocenters. The van der Waals surface area contributed by atoms with Crippen molar-refractivity contribution >= 4 is 39.4 Å². The molecule has 0 aliphatic heterocycles. The van der Waals surface area contributed by atoms with Crippen LogP contribution in [0.3, 0.4) is 0 Å². The van der Waals surface area contributed by atoms with Gasteiger partial charge in [-0.15, -0.1) is 0 Å². The fourth-order valence-corrected chi connectivity index (χ4v) is 4.52. The summed E-state index contributed by atoms with van der Waals surface area (Å²) in [6.45, 7) is 4.65. The summed E-state index contributed by atoms with van der Waals surface area (Å²) in [5, 5.41) is 0.961. The van der Waals surface area contributed by atoms with Crippen molar-refractivity contribution in [1.29, 1.82) is 0 Å². The number of aryl methyl sites for hydroxylation is 1. The molecule has 5 rings (SSSR count). The number of hydrogen-bond acceptors (Lipinski definition) is 4. The predicted octanol–water partition coefficient (Wildman–Crippen LogP) is 5.28. The van der Waals surface area contributed by atoms with E-state index in [9.17, 15) is 9.59 Å². The Labute approximate surface area is 207 Å². The summed E-state index contributed by atoms with van der Waals surface area (Å²) in [6, 6.07) is 20.5. The van der Waals surface area contributed by atoms with Crippen LogP contribution in [0.15, 0.2) is 71.5 Å². The van der Waals surface area contributed by atoms with E-state index >= 15 is 0 Å². The molecule has 0 spiro atoms. The number of fused-ring (bicyclic) bond motifs is 2. The van der Waals surface area contributed by atoms with E-state index in [4.69, 9.17) is 16.6 Å². The predicted molar refractivity (Wildman–Crippen MR) is 138 cm³/mol. The van der Waals surface area contributed by atoms with Crippen LogP contribution in [0.2, 0.25) is 5.02 Å². The van der Waals surface area contributed by atoms with E-state index in [1.807, 2.05) is 62.4 Å². The minimum absolute atomic E-state index is 0.144. The maximum Gasteiger partial charge on any atom is 0.258 e. The number of carbonyl (C=O) groups excluding carboxylic acids is 1. The SMILES string of the molecule is CCCN(Cc1nc2cc(Cl)ccc2c(=O)[nH]1)C(=O)c1ccc2c(c1)nc(C)n2-c1ccccc1. The number of H-pyrrole nitrogens is 1. The summed E-state index contributed by atoms with van der Waals surface area (Å²) in [5.41, 5.74) is 3.49. The molecular weight excluding hydrogens is 462 g/mol. The van der Waals surface area contributed by atoms with Crippen LogP contribution in [0.5, 0.6) is 0 Å². The first-order chi connectivity index (χ1) is 16.9. The van der Waals surface area contributed by atoms with Crippen LogP contribution in [0.1, 0.15) is 35.4 Å². The van der Waals surface area contributed by atoms with Gasteiger partial charge in [-0.2, -0.15) is 0 Å². The number of amides is 1. The van der Waals surface area contributed by atoms with Gasteiger partial charge in [0.2, 0.25) is 0 Å². The van der Waals surface area contributed by atoms with Gasteiger partial charge in [-0.3, -0.25) is 14.2 Å². The van der Waals surface area contributed by atoms with Crippen molar-refractivity contribution in [3.63, 3.8) is 0 Å². The molecule has 5 aromatic rings. The average Bonchev–Trinajstić information content (AvgIpc) is 3.18. The van der Waals surface area contributed by atoms with Crippen LogP contribution >= 0.6 is 11.6 Å². The van der Waals surface area contributed by atoms with Crippen molar-refractivity contribution in [2.45, 2.75) is 26.8 Å². The van der Waals surface area contributed by atoms with Gasteiger partial charge in [0.25, 0.3) is 11.5 Å². The molecule has 176 valence electrons. The molecule has 8 heteroatoms. The Balaban J connectivity index is 1.48. The van der Waals surface area contributed by atoms with Gasteiger partial charge >= 0.3 is 0 Å². The first-order valence-electron chi connectivity index (χ1n) is 11.5. The highest BCUT2D eigenvalue weighted by atomic mass is 35.5. The number of imidazole rings is 1. The normalized spacial score (nSPS) is 11.3. The molecule has 0 aliphatic carbocycles. The maximum absolute atomic E-state index is 13.5. The Bertz CT molecular complexity index is 1610. The lowest BCUT2D eigenvalue weighted by Crippen LogP contribution is -2.32. The van der Waals surface area contributed by atoms with E-state index in [1.54, 1.807) is 23.1 Å². The lowest BCUT2D eigenvalue weighted by molar-refractivity contribution is 0.0739. The second-order valence-electron chi connectivity index (χ2n) is 8.43. The highest BCUT2D eigenvalue weighted by molar-refractivity contribution is 6.31. The minimum Gasteiger partial charge on any atom is -0.331 e. The molecule has 0 saturated carbocycles. The van der Waals surface area contributed by atoms with Gasteiger partial charge in [0.1, 0.15) is 11.6 Å². The largest absolute Gasteiger partial charge is 0.331 e. The van der Waals surface area contributed by atoms with Crippen LogP contribution in [0, 0.1) is 6.92 Å². The third-order valence-corrected chi connectivity index (χ3v) is 6.16. The zero-order valence-corrected chi connectivity index (χ0v) is 20.2. The number of carbonyl (C=O) groups is 1. The number of para-hydroxylation sites is 1. The third kappa shape index (κ3) is 4.42. The van der Waals surface area contributed by atoms with Gasteiger partial charge in [-0.1, -0.05) is 36.7 Å². The molecule has 0 radical (unpaired) electrons. The van der Waals surface area contributed by atoms with Crippen LogP contribution in [-0.2, 0) is 6.54 Å². The smallest absolute Gasteiger partial charge is 0.258 e. The maximum atomic E-state index is 13.5. The Hall–Kier alpha value is -3.97. The fraction of sp³-hybridized carbons (Fsp3) is 0.185. The summed E-state index contributed by atoms with van der Waals surface area (Å²) in [4.78, 5) is 39.8. The van der Waals surface area contributed by atoms with Crippen molar-refractivity contribution in [1.82, 2.24) is 24.4 Å². The minimum atomic E-state index is -0.256. The number of aromatic amines is 1. The highest BCUT2D eigenvalue weighted by Crippen LogP contribution is 2.23. The molecule has 2 aromatic heterocycles. The van der Waals surface area contributed by atoms with E-state index in [0.717, 1.165) is 29.0 Å².